The van der Waals surface area contributed by atoms with Gasteiger partial charge in [0.1, 0.15) is 5.75 Å². The van der Waals surface area contributed by atoms with E-state index in [1.807, 2.05) is 0 Å². The van der Waals surface area contributed by atoms with Gasteiger partial charge >= 0.3 is 6.61 Å². The number of amides is 1. The fourth-order valence-corrected chi connectivity index (χ4v) is 2.75. The van der Waals surface area contributed by atoms with Crippen LogP contribution in [0.1, 0.15) is 36.0 Å². The summed E-state index contributed by atoms with van der Waals surface area (Å²) in [4.78, 5) is 12.2. The van der Waals surface area contributed by atoms with Crippen LogP contribution in [0.15, 0.2) is 24.3 Å². The standard InChI is InChI=1S/C15H20F2N2O2.ClH/c16-15(17)21-12-6-3-5-10(8-12)14(20)19-13-7-2-1-4-11(13)9-18;/h3,5-6,8,11,13,15H,1-2,4,7,9,18H2,(H,19,20);1H. The highest BCUT2D eigenvalue weighted by Crippen LogP contribution is 2.24. The molecule has 2 atom stereocenters. The second-order valence-corrected chi connectivity index (χ2v) is 5.27. The van der Waals surface area contributed by atoms with Gasteiger partial charge in [0.15, 0.2) is 0 Å². The highest BCUT2D eigenvalue weighted by molar-refractivity contribution is 5.94. The third kappa shape index (κ3) is 5.10. The van der Waals surface area contributed by atoms with E-state index in [0.29, 0.717) is 12.1 Å². The van der Waals surface area contributed by atoms with Gasteiger partial charge in [-0.05, 0) is 43.5 Å². The van der Waals surface area contributed by atoms with Crippen molar-refractivity contribution in [2.24, 2.45) is 11.7 Å². The van der Waals surface area contributed by atoms with E-state index in [1.165, 1.54) is 18.2 Å². The SMILES string of the molecule is Cl.NCC1CCCCC1NC(=O)c1cccc(OC(F)F)c1. The molecule has 0 spiro atoms. The first-order valence-electron chi connectivity index (χ1n) is 7.16. The summed E-state index contributed by atoms with van der Waals surface area (Å²) in [5, 5.41) is 2.95. The van der Waals surface area contributed by atoms with Crippen LogP contribution < -0.4 is 15.8 Å². The lowest BCUT2D eigenvalue weighted by atomic mass is 9.84. The lowest BCUT2D eigenvalue weighted by Crippen LogP contribution is -2.44. The Morgan fingerprint density at radius 3 is 2.77 bits per heavy atom. The van der Waals surface area contributed by atoms with E-state index >= 15 is 0 Å². The summed E-state index contributed by atoms with van der Waals surface area (Å²) in [7, 11) is 0. The lowest BCUT2D eigenvalue weighted by molar-refractivity contribution is -0.0498. The zero-order valence-corrected chi connectivity index (χ0v) is 13.0. The van der Waals surface area contributed by atoms with E-state index in [2.05, 4.69) is 10.1 Å². The summed E-state index contributed by atoms with van der Waals surface area (Å²) in [5.74, 6) is -0.0140. The molecule has 7 heteroatoms. The lowest BCUT2D eigenvalue weighted by Gasteiger charge is -2.31. The van der Waals surface area contributed by atoms with Crippen molar-refractivity contribution in [3.05, 3.63) is 29.8 Å². The molecule has 124 valence electrons. The fraction of sp³-hybridized carbons (Fsp3) is 0.533. The second kappa shape index (κ2) is 8.90. The van der Waals surface area contributed by atoms with E-state index in [4.69, 9.17) is 5.73 Å². The van der Waals surface area contributed by atoms with Gasteiger partial charge in [-0.15, -0.1) is 12.4 Å². The van der Waals surface area contributed by atoms with Crippen LogP contribution in [0.4, 0.5) is 8.78 Å². The van der Waals surface area contributed by atoms with Crippen LogP contribution in [-0.4, -0.2) is 25.1 Å². The van der Waals surface area contributed by atoms with Crippen LogP contribution in [0.2, 0.25) is 0 Å². The fourth-order valence-electron chi connectivity index (χ4n) is 2.75. The van der Waals surface area contributed by atoms with Crippen LogP contribution >= 0.6 is 12.4 Å². The summed E-state index contributed by atoms with van der Waals surface area (Å²) in [6.45, 7) is -2.36. The van der Waals surface area contributed by atoms with Gasteiger partial charge in [0.25, 0.3) is 5.91 Å². The molecule has 0 heterocycles. The van der Waals surface area contributed by atoms with Gasteiger partial charge in [-0.3, -0.25) is 4.79 Å². The molecule has 4 nitrogen and oxygen atoms in total. The molecular formula is C15H21ClF2N2O2. The van der Waals surface area contributed by atoms with E-state index in [0.717, 1.165) is 25.7 Å². The first-order chi connectivity index (χ1) is 10.1. The number of carbonyl (C=O) groups excluding carboxylic acids is 1. The topological polar surface area (TPSA) is 64.3 Å². The number of nitrogens with two attached hydrogens (primary N) is 1. The van der Waals surface area contributed by atoms with E-state index in [9.17, 15) is 13.6 Å². The average molecular weight is 335 g/mol. The van der Waals surface area contributed by atoms with Crippen molar-refractivity contribution in [1.29, 1.82) is 0 Å². The third-order valence-electron chi connectivity index (χ3n) is 3.85. The van der Waals surface area contributed by atoms with E-state index < -0.39 is 6.61 Å². The first kappa shape index (κ1) is 18.6. The van der Waals surface area contributed by atoms with Crippen LogP contribution in [0, 0.1) is 5.92 Å². The molecule has 1 aliphatic carbocycles. The van der Waals surface area contributed by atoms with Crippen molar-refractivity contribution in [3.63, 3.8) is 0 Å². The zero-order chi connectivity index (χ0) is 15.2. The molecule has 1 saturated carbocycles. The molecule has 0 aromatic heterocycles. The maximum atomic E-state index is 12.2. The summed E-state index contributed by atoms with van der Waals surface area (Å²) >= 11 is 0. The Morgan fingerprint density at radius 2 is 2.09 bits per heavy atom. The number of hydrogen-bond acceptors (Lipinski definition) is 3. The van der Waals surface area contributed by atoms with Crippen molar-refractivity contribution in [3.8, 4) is 5.75 Å². The molecule has 2 rings (SSSR count). The van der Waals surface area contributed by atoms with E-state index in [1.54, 1.807) is 6.07 Å². The molecule has 22 heavy (non-hydrogen) atoms. The number of ether oxygens (including phenoxy) is 1. The van der Waals surface area contributed by atoms with Gasteiger partial charge in [-0.2, -0.15) is 8.78 Å². The summed E-state index contributed by atoms with van der Waals surface area (Å²) < 4.78 is 28.7. The average Bonchev–Trinajstić information content (AvgIpc) is 2.47. The Labute approximate surface area is 134 Å². The Balaban J connectivity index is 0.00000242. The number of rotatable bonds is 5. The Bertz CT molecular complexity index is 488. The maximum Gasteiger partial charge on any atom is 0.387 e. The minimum atomic E-state index is -2.90. The van der Waals surface area contributed by atoms with Gasteiger partial charge in [0.05, 0.1) is 0 Å². The van der Waals surface area contributed by atoms with Gasteiger partial charge in [0, 0.05) is 11.6 Å². The molecule has 1 aromatic carbocycles. The molecule has 1 aliphatic rings. The molecule has 1 amide bonds. The normalized spacial score (nSPS) is 21.1. The van der Waals surface area contributed by atoms with E-state index in [-0.39, 0.29) is 36.0 Å². The highest BCUT2D eigenvalue weighted by Gasteiger charge is 2.25. The van der Waals surface area contributed by atoms with Gasteiger partial charge < -0.3 is 15.8 Å². The van der Waals surface area contributed by atoms with Crippen LogP contribution in [0.25, 0.3) is 0 Å². The maximum absolute atomic E-state index is 12.2. The van der Waals surface area contributed by atoms with Crippen molar-refractivity contribution in [2.45, 2.75) is 38.3 Å². The quantitative estimate of drug-likeness (QED) is 0.870. The number of benzene rings is 1. The van der Waals surface area contributed by atoms with Crippen LogP contribution in [0.5, 0.6) is 5.75 Å². The smallest absolute Gasteiger partial charge is 0.387 e. The monoisotopic (exact) mass is 334 g/mol. The molecule has 0 radical (unpaired) electrons. The van der Waals surface area contributed by atoms with Crippen molar-refractivity contribution < 1.29 is 18.3 Å². The van der Waals surface area contributed by atoms with Crippen LogP contribution in [0.3, 0.4) is 0 Å². The van der Waals surface area contributed by atoms with Gasteiger partial charge in [0.2, 0.25) is 0 Å². The zero-order valence-electron chi connectivity index (χ0n) is 12.1. The van der Waals surface area contributed by atoms with Gasteiger partial charge in [-0.25, -0.2) is 0 Å². The van der Waals surface area contributed by atoms with Gasteiger partial charge in [-0.1, -0.05) is 18.9 Å². The number of hydrogen-bond donors (Lipinski definition) is 2. The number of alkyl halides is 2. The molecule has 2 unspecified atom stereocenters. The minimum absolute atomic E-state index is 0. The number of halogens is 3. The predicted octanol–water partition coefficient (Wildman–Crippen LogP) is 2.96. The molecule has 1 aromatic rings. The molecule has 0 bridgehead atoms. The largest absolute Gasteiger partial charge is 0.435 e. The van der Waals surface area contributed by atoms with Crippen molar-refractivity contribution in [1.82, 2.24) is 5.32 Å². The van der Waals surface area contributed by atoms with Crippen molar-refractivity contribution >= 4 is 18.3 Å². The Kier molecular flexibility index (Phi) is 7.55. The number of nitrogens with one attached hydrogen (secondary N) is 1. The second-order valence-electron chi connectivity index (χ2n) is 5.27. The minimum Gasteiger partial charge on any atom is -0.435 e. The summed E-state index contributed by atoms with van der Waals surface area (Å²) in [6.07, 6.45) is 4.11. The van der Waals surface area contributed by atoms with Crippen molar-refractivity contribution in [2.75, 3.05) is 6.54 Å². The third-order valence-corrected chi connectivity index (χ3v) is 3.85. The molecule has 0 aliphatic heterocycles. The molecule has 0 saturated heterocycles. The first-order valence-corrected chi connectivity index (χ1v) is 7.16. The molecule has 1 fully saturated rings. The van der Waals surface area contributed by atoms with Crippen LogP contribution in [-0.2, 0) is 0 Å². The molecular weight excluding hydrogens is 314 g/mol. The summed E-state index contributed by atoms with van der Waals surface area (Å²) in [6, 6.07) is 5.87. The number of carbonyl (C=O) groups is 1. The predicted molar refractivity (Wildman–Crippen MR) is 82.6 cm³/mol. The molecule has 3 N–H and O–H groups in total. The highest BCUT2D eigenvalue weighted by atomic mass is 35.5. The summed E-state index contributed by atoms with van der Waals surface area (Å²) in [5.41, 5.74) is 6.05. The Hall–Kier alpha value is -1.40. The Morgan fingerprint density at radius 1 is 1.36 bits per heavy atom.